The van der Waals surface area contributed by atoms with E-state index in [-0.39, 0.29) is 6.04 Å². The number of aromatic nitrogens is 1. The second kappa shape index (κ2) is 5.63. The molecule has 1 unspecified atom stereocenters. The van der Waals surface area contributed by atoms with Crippen LogP contribution in [0.3, 0.4) is 0 Å². The van der Waals surface area contributed by atoms with Crippen molar-refractivity contribution in [1.29, 1.82) is 0 Å². The van der Waals surface area contributed by atoms with Crippen molar-refractivity contribution in [2.45, 2.75) is 39.2 Å². The van der Waals surface area contributed by atoms with Crippen molar-refractivity contribution in [2.24, 2.45) is 5.73 Å². The summed E-state index contributed by atoms with van der Waals surface area (Å²) in [6.45, 7) is 6.42. The molecule has 2 aromatic rings. The number of nitrogens with zero attached hydrogens (tertiary/aromatic N) is 1. The van der Waals surface area contributed by atoms with Gasteiger partial charge in [0.15, 0.2) is 0 Å². The van der Waals surface area contributed by atoms with Gasteiger partial charge in [-0.25, -0.2) is 4.98 Å². The van der Waals surface area contributed by atoms with Crippen LogP contribution in [0.25, 0.3) is 0 Å². The van der Waals surface area contributed by atoms with Gasteiger partial charge in [0.25, 0.3) is 0 Å². The van der Waals surface area contributed by atoms with Gasteiger partial charge in [-0.1, -0.05) is 38.1 Å². The van der Waals surface area contributed by atoms with Crippen molar-refractivity contribution >= 4 is 11.3 Å². The van der Waals surface area contributed by atoms with E-state index >= 15 is 0 Å². The number of aryl methyl sites for hydroxylation is 1. The molecule has 18 heavy (non-hydrogen) atoms. The van der Waals surface area contributed by atoms with Gasteiger partial charge in [0.1, 0.15) is 0 Å². The van der Waals surface area contributed by atoms with Gasteiger partial charge in [-0.05, 0) is 24.0 Å². The fraction of sp³-hybridized carbons (Fsp3) is 0.400. The van der Waals surface area contributed by atoms with Gasteiger partial charge in [-0.2, -0.15) is 0 Å². The highest BCUT2D eigenvalue weighted by Crippen LogP contribution is 2.21. The number of hydrogen-bond donors (Lipinski definition) is 1. The third-order valence-corrected chi connectivity index (χ3v) is 4.08. The molecule has 1 atom stereocenters. The van der Waals surface area contributed by atoms with Crippen molar-refractivity contribution < 1.29 is 0 Å². The molecule has 1 aromatic heterocycles. The van der Waals surface area contributed by atoms with Crippen LogP contribution in [0.4, 0.5) is 0 Å². The third-order valence-electron chi connectivity index (χ3n) is 3.09. The van der Waals surface area contributed by atoms with Crippen LogP contribution in [0, 0.1) is 6.92 Å². The lowest BCUT2D eigenvalue weighted by atomic mass is 9.98. The molecule has 0 aliphatic heterocycles. The van der Waals surface area contributed by atoms with E-state index in [0.717, 1.165) is 17.1 Å². The first kappa shape index (κ1) is 13.2. The lowest BCUT2D eigenvalue weighted by Crippen LogP contribution is -2.13. The molecular weight excluding hydrogens is 240 g/mol. The van der Waals surface area contributed by atoms with Crippen LogP contribution in [0.15, 0.2) is 29.6 Å². The molecule has 0 saturated carbocycles. The summed E-state index contributed by atoms with van der Waals surface area (Å²) in [7, 11) is 0. The first-order chi connectivity index (χ1) is 8.56. The van der Waals surface area contributed by atoms with Crippen LogP contribution in [-0.2, 0) is 6.42 Å². The smallest absolute Gasteiger partial charge is 0.0947 e. The molecule has 0 spiro atoms. The second-order valence-electron chi connectivity index (χ2n) is 5.01. The standard InChI is InChI=1S/C15H20N2S/c1-10(2)12-4-6-13(7-5-12)14(16)8-15-17-11(3)9-18-15/h4-7,9-10,14H,8,16H2,1-3H3. The average molecular weight is 260 g/mol. The summed E-state index contributed by atoms with van der Waals surface area (Å²) < 4.78 is 0. The molecule has 2 nitrogen and oxygen atoms in total. The zero-order chi connectivity index (χ0) is 13.1. The zero-order valence-corrected chi connectivity index (χ0v) is 12.0. The van der Waals surface area contributed by atoms with Crippen LogP contribution in [-0.4, -0.2) is 4.98 Å². The molecule has 0 radical (unpaired) electrons. The fourth-order valence-electron chi connectivity index (χ4n) is 1.93. The van der Waals surface area contributed by atoms with Crippen molar-refractivity contribution in [2.75, 3.05) is 0 Å². The summed E-state index contributed by atoms with van der Waals surface area (Å²) in [5.74, 6) is 0.567. The molecule has 2 rings (SSSR count). The summed E-state index contributed by atoms with van der Waals surface area (Å²) in [5.41, 5.74) is 9.85. The predicted octanol–water partition coefficient (Wildman–Crippen LogP) is 3.82. The molecule has 0 bridgehead atoms. The van der Waals surface area contributed by atoms with E-state index in [2.05, 4.69) is 48.5 Å². The molecule has 2 N–H and O–H groups in total. The van der Waals surface area contributed by atoms with E-state index in [1.165, 1.54) is 11.1 Å². The van der Waals surface area contributed by atoms with Crippen LogP contribution >= 0.6 is 11.3 Å². The Morgan fingerprint density at radius 1 is 1.17 bits per heavy atom. The molecule has 96 valence electrons. The largest absolute Gasteiger partial charge is 0.324 e. The Morgan fingerprint density at radius 2 is 1.78 bits per heavy atom. The quantitative estimate of drug-likeness (QED) is 0.907. The van der Waals surface area contributed by atoms with E-state index in [4.69, 9.17) is 5.73 Å². The van der Waals surface area contributed by atoms with Crippen LogP contribution < -0.4 is 5.73 Å². The van der Waals surface area contributed by atoms with Crippen molar-refractivity contribution in [3.63, 3.8) is 0 Å². The summed E-state index contributed by atoms with van der Waals surface area (Å²) >= 11 is 1.69. The Morgan fingerprint density at radius 3 is 2.28 bits per heavy atom. The Balaban J connectivity index is 2.06. The zero-order valence-electron chi connectivity index (χ0n) is 11.2. The molecule has 1 aromatic carbocycles. The van der Waals surface area contributed by atoms with E-state index < -0.39 is 0 Å². The summed E-state index contributed by atoms with van der Waals surface area (Å²) in [6.07, 6.45) is 0.819. The van der Waals surface area contributed by atoms with Gasteiger partial charge in [-0.3, -0.25) is 0 Å². The minimum Gasteiger partial charge on any atom is -0.324 e. The van der Waals surface area contributed by atoms with Gasteiger partial charge >= 0.3 is 0 Å². The molecule has 0 aliphatic rings. The highest BCUT2D eigenvalue weighted by molar-refractivity contribution is 7.09. The van der Waals surface area contributed by atoms with E-state index in [1.807, 2.05) is 6.92 Å². The second-order valence-corrected chi connectivity index (χ2v) is 5.96. The lowest BCUT2D eigenvalue weighted by Gasteiger charge is -2.12. The van der Waals surface area contributed by atoms with Crippen molar-refractivity contribution in [3.05, 3.63) is 51.5 Å². The normalized spacial score (nSPS) is 12.9. The number of hydrogen-bond acceptors (Lipinski definition) is 3. The van der Waals surface area contributed by atoms with Crippen molar-refractivity contribution in [1.82, 2.24) is 4.98 Å². The molecule has 3 heteroatoms. The Labute approximate surface area is 113 Å². The van der Waals surface area contributed by atoms with E-state index in [1.54, 1.807) is 11.3 Å². The number of rotatable bonds is 4. The van der Waals surface area contributed by atoms with E-state index in [9.17, 15) is 0 Å². The topological polar surface area (TPSA) is 38.9 Å². The Kier molecular flexibility index (Phi) is 4.15. The summed E-state index contributed by atoms with van der Waals surface area (Å²) in [4.78, 5) is 4.46. The minimum absolute atomic E-state index is 0.0387. The van der Waals surface area contributed by atoms with Gasteiger partial charge < -0.3 is 5.73 Å². The van der Waals surface area contributed by atoms with Gasteiger partial charge in [0.05, 0.1) is 5.01 Å². The summed E-state index contributed by atoms with van der Waals surface area (Å²) in [6, 6.07) is 8.66. The fourth-order valence-corrected chi connectivity index (χ4v) is 2.76. The number of nitrogens with two attached hydrogens (primary N) is 1. The molecule has 1 heterocycles. The third kappa shape index (κ3) is 3.18. The van der Waals surface area contributed by atoms with Crippen LogP contribution in [0.1, 0.15) is 47.6 Å². The maximum atomic E-state index is 6.23. The van der Waals surface area contributed by atoms with Gasteiger partial charge in [-0.15, -0.1) is 11.3 Å². The van der Waals surface area contributed by atoms with E-state index in [0.29, 0.717) is 5.92 Å². The highest BCUT2D eigenvalue weighted by Gasteiger charge is 2.10. The SMILES string of the molecule is Cc1csc(CC(N)c2ccc(C(C)C)cc2)n1. The Hall–Kier alpha value is -1.19. The van der Waals surface area contributed by atoms with Gasteiger partial charge in [0.2, 0.25) is 0 Å². The van der Waals surface area contributed by atoms with Crippen molar-refractivity contribution in [3.8, 4) is 0 Å². The maximum Gasteiger partial charge on any atom is 0.0947 e. The molecule has 0 fully saturated rings. The molecule has 0 amide bonds. The van der Waals surface area contributed by atoms with Crippen LogP contribution in [0.2, 0.25) is 0 Å². The Bertz CT molecular complexity index is 499. The summed E-state index contributed by atoms with van der Waals surface area (Å²) in [5, 5.41) is 3.19. The maximum absolute atomic E-state index is 6.23. The minimum atomic E-state index is 0.0387. The van der Waals surface area contributed by atoms with Gasteiger partial charge in [0, 0.05) is 23.5 Å². The molecular formula is C15H20N2S. The number of benzene rings is 1. The number of thiazole rings is 1. The van der Waals surface area contributed by atoms with Crippen LogP contribution in [0.5, 0.6) is 0 Å². The molecule has 0 aliphatic carbocycles. The highest BCUT2D eigenvalue weighted by atomic mass is 32.1. The first-order valence-electron chi connectivity index (χ1n) is 6.32. The molecule has 0 saturated heterocycles. The average Bonchev–Trinajstić information content (AvgIpc) is 2.75. The lowest BCUT2D eigenvalue weighted by molar-refractivity contribution is 0.715. The monoisotopic (exact) mass is 260 g/mol. The first-order valence-corrected chi connectivity index (χ1v) is 7.20. The predicted molar refractivity (Wildman–Crippen MR) is 78.0 cm³/mol.